The predicted octanol–water partition coefficient (Wildman–Crippen LogP) is 4.69. The summed E-state index contributed by atoms with van der Waals surface area (Å²) in [6.07, 6.45) is 4.21. The predicted molar refractivity (Wildman–Crippen MR) is 84.2 cm³/mol. The van der Waals surface area contributed by atoms with E-state index < -0.39 is 0 Å². The smallest absolute Gasteiger partial charge is 0.118 e. The molecule has 0 saturated carbocycles. The molecule has 0 bridgehead atoms. The summed E-state index contributed by atoms with van der Waals surface area (Å²) in [5, 5.41) is 18.4. The number of hydrogen-bond acceptors (Lipinski definition) is 2. The van der Waals surface area contributed by atoms with E-state index in [1.54, 1.807) is 12.1 Å². The molecule has 0 aliphatic rings. The van der Waals surface area contributed by atoms with Gasteiger partial charge in [-0.3, -0.25) is 0 Å². The fraction of sp³-hybridized carbons (Fsp3) is 0.333. The van der Waals surface area contributed by atoms with Gasteiger partial charge in [0, 0.05) is 0 Å². The molecular formula is C18H24O2. The summed E-state index contributed by atoms with van der Waals surface area (Å²) < 4.78 is 0. The highest BCUT2D eigenvalue weighted by atomic mass is 16.3. The van der Waals surface area contributed by atoms with Gasteiger partial charge in [0.2, 0.25) is 0 Å². The molecule has 0 heterocycles. The summed E-state index contributed by atoms with van der Waals surface area (Å²) in [5.41, 5.74) is 2.08. The number of phenolic OH excluding ortho intramolecular Hbond substituents is 2. The summed E-state index contributed by atoms with van der Waals surface area (Å²) >= 11 is 0. The zero-order valence-electron chi connectivity index (χ0n) is 12.3. The van der Waals surface area contributed by atoms with Crippen molar-refractivity contribution < 1.29 is 10.2 Å². The molecule has 2 aromatic carbocycles. The van der Waals surface area contributed by atoms with E-state index in [1.807, 2.05) is 43.3 Å². The maximum Gasteiger partial charge on any atom is 0.118 e. The van der Waals surface area contributed by atoms with E-state index in [4.69, 9.17) is 5.11 Å². The van der Waals surface area contributed by atoms with Gasteiger partial charge < -0.3 is 10.2 Å². The van der Waals surface area contributed by atoms with Crippen LogP contribution in [0.1, 0.15) is 37.8 Å². The Morgan fingerprint density at radius 1 is 0.750 bits per heavy atom. The van der Waals surface area contributed by atoms with Gasteiger partial charge in [-0.05, 0) is 42.5 Å². The van der Waals surface area contributed by atoms with Crippen LogP contribution in [-0.4, -0.2) is 10.2 Å². The Morgan fingerprint density at radius 2 is 1.25 bits per heavy atom. The highest BCUT2D eigenvalue weighted by Crippen LogP contribution is 2.17. The second-order valence-corrected chi connectivity index (χ2v) is 4.71. The molecule has 0 aromatic heterocycles. The molecule has 0 spiro atoms. The minimum Gasteiger partial charge on any atom is -0.508 e. The van der Waals surface area contributed by atoms with Gasteiger partial charge in [0.05, 0.1) is 0 Å². The summed E-state index contributed by atoms with van der Waals surface area (Å²) in [5.74, 6) is 0.834. The van der Waals surface area contributed by atoms with Gasteiger partial charge in [-0.25, -0.2) is 0 Å². The first kappa shape index (κ1) is 16.1. The third-order valence-corrected chi connectivity index (χ3v) is 3.16. The first-order valence-electron chi connectivity index (χ1n) is 7.22. The molecule has 2 heteroatoms. The Labute approximate surface area is 121 Å². The van der Waals surface area contributed by atoms with Crippen LogP contribution >= 0.6 is 0 Å². The van der Waals surface area contributed by atoms with Gasteiger partial charge in [-0.15, -0.1) is 0 Å². The van der Waals surface area contributed by atoms with Crippen molar-refractivity contribution in [3.05, 3.63) is 59.7 Å². The third-order valence-electron chi connectivity index (χ3n) is 3.16. The average molecular weight is 272 g/mol. The quantitative estimate of drug-likeness (QED) is 0.847. The maximum absolute atomic E-state index is 9.34. The molecule has 0 amide bonds. The van der Waals surface area contributed by atoms with Crippen LogP contribution < -0.4 is 0 Å². The first-order chi connectivity index (χ1) is 9.69. The standard InChI is InChI=1S/C10H14O.C8H10O/c1-2-3-6-9-7-4-5-8-10(9)11;1-2-7-5-3-4-6-8(7)9/h4-5,7-8,11H,2-3,6H2,1H3;3-6,9H,2H2,1H3. The van der Waals surface area contributed by atoms with Gasteiger partial charge in [0.15, 0.2) is 0 Å². The third kappa shape index (κ3) is 5.35. The number of unbranched alkanes of at least 4 members (excludes halogenated alkanes) is 1. The number of para-hydroxylation sites is 2. The molecule has 2 aromatic rings. The van der Waals surface area contributed by atoms with Crippen LogP contribution in [0.15, 0.2) is 48.5 Å². The van der Waals surface area contributed by atoms with Crippen molar-refractivity contribution in [1.82, 2.24) is 0 Å². The van der Waals surface area contributed by atoms with Gasteiger partial charge in [-0.1, -0.05) is 56.7 Å². The zero-order valence-corrected chi connectivity index (χ0v) is 12.3. The molecule has 0 fully saturated rings. The van der Waals surface area contributed by atoms with E-state index in [1.165, 1.54) is 6.42 Å². The Bertz CT molecular complexity index is 506. The normalized spacial score (nSPS) is 9.70. The second-order valence-electron chi connectivity index (χ2n) is 4.71. The van der Waals surface area contributed by atoms with Crippen LogP contribution in [0.25, 0.3) is 0 Å². The van der Waals surface area contributed by atoms with Gasteiger partial charge in [-0.2, -0.15) is 0 Å². The summed E-state index contributed by atoms with van der Waals surface area (Å²) in [4.78, 5) is 0. The van der Waals surface area contributed by atoms with E-state index in [-0.39, 0.29) is 0 Å². The summed E-state index contributed by atoms with van der Waals surface area (Å²) in [6.45, 7) is 4.18. The number of benzene rings is 2. The Morgan fingerprint density at radius 3 is 1.65 bits per heavy atom. The molecule has 2 N–H and O–H groups in total. The summed E-state index contributed by atoms with van der Waals surface area (Å²) in [7, 11) is 0. The maximum atomic E-state index is 9.34. The van der Waals surface area contributed by atoms with Crippen LogP contribution in [0.3, 0.4) is 0 Å². The zero-order chi connectivity index (χ0) is 14.8. The van der Waals surface area contributed by atoms with E-state index >= 15 is 0 Å². The molecule has 0 aliphatic carbocycles. The van der Waals surface area contributed by atoms with Crippen LogP contribution in [0.2, 0.25) is 0 Å². The largest absolute Gasteiger partial charge is 0.508 e. The molecular weight excluding hydrogens is 248 g/mol. The number of aromatic hydroxyl groups is 2. The molecule has 2 rings (SSSR count). The molecule has 0 radical (unpaired) electrons. The lowest BCUT2D eigenvalue weighted by atomic mass is 10.1. The van der Waals surface area contributed by atoms with Crippen molar-refractivity contribution in [2.45, 2.75) is 39.5 Å². The monoisotopic (exact) mass is 272 g/mol. The van der Waals surface area contributed by atoms with E-state index in [0.717, 1.165) is 30.4 Å². The minimum atomic E-state index is 0.403. The number of aryl methyl sites for hydroxylation is 2. The lowest BCUT2D eigenvalue weighted by molar-refractivity contribution is 0.467. The Kier molecular flexibility index (Phi) is 7.26. The fourth-order valence-electron chi connectivity index (χ4n) is 1.90. The van der Waals surface area contributed by atoms with E-state index in [2.05, 4.69) is 6.92 Å². The highest BCUT2D eigenvalue weighted by molar-refractivity contribution is 5.32. The van der Waals surface area contributed by atoms with Crippen molar-refractivity contribution >= 4 is 0 Å². The Hall–Kier alpha value is -1.96. The first-order valence-corrected chi connectivity index (χ1v) is 7.22. The molecule has 0 unspecified atom stereocenters. The lowest BCUT2D eigenvalue weighted by Gasteiger charge is -2.01. The van der Waals surface area contributed by atoms with Crippen molar-refractivity contribution in [2.75, 3.05) is 0 Å². The van der Waals surface area contributed by atoms with Crippen molar-refractivity contribution in [1.29, 1.82) is 0 Å². The fourth-order valence-corrected chi connectivity index (χ4v) is 1.90. The SMILES string of the molecule is CCCCc1ccccc1O.CCc1ccccc1O. The lowest BCUT2D eigenvalue weighted by Crippen LogP contribution is -1.83. The molecule has 20 heavy (non-hydrogen) atoms. The van der Waals surface area contributed by atoms with Gasteiger partial charge in [0.25, 0.3) is 0 Å². The summed E-state index contributed by atoms with van der Waals surface area (Å²) in [6, 6.07) is 14.9. The number of rotatable bonds is 4. The minimum absolute atomic E-state index is 0.403. The van der Waals surface area contributed by atoms with Crippen LogP contribution in [0, 0.1) is 0 Å². The second kappa shape index (κ2) is 9.03. The van der Waals surface area contributed by atoms with E-state index in [0.29, 0.717) is 11.5 Å². The Balaban J connectivity index is 0.000000204. The average Bonchev–Trinajstić information content (AvgIpc) is 2.48. The molecule has 0 atom stereocenters. The molecule has 0 saturated heterocycles. The highest BCUT2D eigenvalue weighted by Gasteiger charge is 1.96. The number of phenols is 2. The van der Waals surface area contributed by atoms with Crippen LogP contribution in [0.5, 0.6) is 11.5 Å². The van der Waals surface area contributed by atoms with Crippen molar-refractivity contribution in [3.63, 3.8) is 0 Å². The molecule has 2 nitrogen and oxygen atoms in total. The van der Waals surface area contributed by atoms with Crippen LogP contribution in [0.4, 0.5) is 0 Å². The van der Waals surface area contributed by atoms with Gasteiger partial charge in [0.1, 0.15) is 11.5 Å². The molecule has 108 valence electrons. The van der Waals surface area contributed by atoms with Crippen molar-refractivity contribution in [3.8, 4) is 11.5 Å². The van der Waals surface area contributed by atoms with Crippen LogP contribution in [-0.2, 0) is 12.8 Å². The number of hydrogen-bond donors (Lipinski definition) is 2. The van der Waals surface area contributed by atoms with E-state index in [9.17, 15) is 5.11 Å². The van der Waals surface area contributed by atoms with Crippen molar-refractivity contribution in [2.24, 2.45) is 0 Å². The van der Waals surface area contributed by atoms with Gasteiger partial charge >= 0.3 is 0 Å². The molecule has 0 aliphatic heterocycles. The topological polar surface area (TPSA) is 40.5 Å².